The Morgan fingerprint density at radius 1 is 1.36 bits per heavy atom. The molecule has 0 bridgehead atoms. The summed E-state index contributed by atoms with van der Waals surface area (Å²) in [5.41, 5.74) is 7.78. The fraction of sp³-hybridized carbons (Fsp3) is 0.722. The first kappa shape index (κ1) is 17.9. The molecule has 7 heteroatoms. The van der Waals surface area contributed by atoms with Gasteiger partial charge in [0.2, 0.25) is 0 Å². The number of nitrogens with two attached hydrogens (primary N) is 1. The number of piperidine rings is 1. The van der Waals surface area contributed by atoms with Crippen LogP contribution in [0.2, 0.25) is 0 Å². The van der Waals surface area contributed by atoms with Gasteiger partial charge in [-0.05, 0) is 57.5 Å². The van der Waals surface area contributed by atoms with E-state index in [0.717, 1.165) is 38.0 Å². The second-order valence-electron chi connectivity index (χ2n) is 7.25. The lowest BCUT2D eigenvalue weighted by atomic mass is 9.93. The quantitative estimate of drug-likeness (QED) is 0.800. The highest BCUT2D eigenvalue weighted by atomic mass is 16.5. The van der Waals surface area contributed by atoms with Crippen molar-refractivity contribution in [3.8, 4) is 6.01 Å². The van der Waals surface area contributed by atoms with Crippen LogP contribution in [-0.4, -0.2) is 38.8 Å². The number of fused-ring (bicyclic) bond motifs is 1. The third-order valence-electron chi connectivity index (χ3n) is 5.23. The Morgan fingerprint density at radius 2 is 2.12 bits per heavy atom. The smallest absolute Gasteiger partial charge is 0.336 e. The molecule has 0 spiro atoms. The number of nitrogens with zero attached hydrogens (tertiary/aromatic N) is 4. The highest BCUT2D eigenvalue weighted by Gasteiger charge is 2.20. The number of anilines is 1. The lowest BCUT2D eigenvalue weighted by Crippen LogP contribution is -2.29. The van der Waals surface area contributed by atoms with Crippen molar-refractivity contribution < 1.29 is 4.74 Å². The molecule has 1 saturated heterocycles. The summed E-state index contributed by atoms with van der Waals surface area (Å²) in [6, 6.07) is 0.338. The lowest BCUT2D eigenvalue weighted by molar-refractivity contribution is 0.139. The Bertz CT molecular complexity index is 694. The van der Waals surface area contributed by atoms with Gasteiger partial charge in [-0.2, -0.15) is 4.98 Å². The number of nitrogen functional groups attached to an aromatic ring is 1. The minimum absolute atomic E-state index is 0.0493. The number of imidazole rings is 1. The fourth-order valence-electron chi connectivity index (χ4n) is 3.47. The molecule has 25 heavy (non-hydrogen) atoms. The number of rotatable bonds is 7. The summed E-state index contributed by atoms with van der Waals surface area (Å²) in [4.78, 5) is 8.71. The predicted octanol–water partition coefficient (Wildman–Crippen LogP) is 2.45. The maximum atomic E-state index is 6.09. The van der Waals surface area contributed by atoms with Crippen LogP contribution in [-0.2, 0) is 6.42 Å². The van der Waals surface area contributed by atoms with Gasteiger partial charge >= 0.3 is 6.01 Å². The maximum Gasteiger partial charge on any atom is 0.336 e. The lowest BCUT2D eigenvalue weighted by Gasteiger charge is -2.22. The van der Waals surface area contributed by atoms with E-state index >= 15 is 0 Å². The van der Waals surface area contributed by atoms with Crippen LogP contribution in [0.4, 0.5) is 5.82 Å². The summed E-state index contributed by atoms with van der Waals surface area (Å²) < 4.78 is 7.79. The third kappa shape index (κ3) is 4.21. The van der Waals surface area contributed by atoms with Crippen molar-refractivity contribution in [2.24, 2.45) is 11.8 Å². The maximum absolute atomic E-state index is 6.09. The standard InChI is InChI=1S/C18H30N6O/c1-4-5-12(2)13(3)25-18-22-16(19)17-21-11-15(24(17)23-18)10-14-6-8-20-9-7-14/h11-14,20H,4-10H2,1-3H3,(H2,19,22,23)/t12-,13?/m1/s1. The molecule has 7 nitrogen and oxygen atoms in total. The summed E-state index contributed by atoms with van der Waals surface area (Å²) in [5.74, 6) is 1.48. The summed E-state index contributed by atoms with van der Waals surface area (Å²) in [7, 11) is 0. The average molecular weight is 346 g/mol. The Morgan fingerprint density at radius 3 is 2.84 bits per heavy atom. The average Bonchev–Trinajstić information content (AvgIpc) is 2.99. The van der Waals surface area contributed by atoms with Crippen LogP contribution in [0.3, 0.4) is 0 Å². The van der Waals surface area contributed by atoms with Gasteiger partial charge in [0.15, 0.2) is 11.5 Å². The highest BCUT2D eigenvalue weighted by Crippen LogP contribution is 2.22. The minimum atomic E-state index is 0.0493. The monoisotopic (exact) mass is 346 g/mol. The first-order chi connectivity index (χ1) is 12.1. The molecule has 0 aliphatic carbocycles. The number of nitrogens with one attached hydrogen (secondary N) is 1. The molecular weight excluding hydrogens is 316 g/mol. The van der Waals surface area contributed by atoms with Crippen LogP contribution in [0.25, 0.3) is 5.65 Å². The van der Waals surface area contributed by atoms with Gasteiger partial charge in [-0.3, -0.25) is 0 Å². The Kier molecular flexibility index (Phi) is 5.73. The van der Waals surface area contributed by atoms with Gasteiger partial charge in [-0.15, -0.1) is 5.10 Å². The van der Waals surface area contributed by atoms with E-state index in [9.17, 15) is 0 Å². The fourth-order valence-corrected chi connectivity index (χ4v) is 3.47. The van der Waals surface area contributed by atoms with Crippen LogP contribution in [0.5, 0.6) is 6.01 Å². The van der Waals surface area contributed by atoms with E-state index in [2.05, 4.69) is 41.2 Å². The van der Waals surface area contributed by atoms with Crippen molar-refractivity contribution in [1.82, 2.24) is 24.9 Å². The zero-order valence-electron chi connectivity index (χ0n) is 15.5. The number of ether oxygens (including phenoxy) is 1. The second kappa shape index (κ2) is 7.99. The topological polar surface area (TPSA) is 90.4 Å². The molecule has 2 aromatic rings. The molecule has 1 aliphatic heterocycles. The van der Waals surface area contributed by atoms with Crippen molar-refractivity contribution in [2.75, 3.05) is 18.8 Å². The number of aromatic nitrogens is 4. The van der Waals surface area contributed by atoms with E-state index in [0.29, 0.717) is 29.3 Å². The Hall–Kier alpha value is -1.89. The molecule has 1 fully saturated rings. The van der Waals surface area contributed by atoms with E-state index in [4.69, 9.17) is 10.5 Å². The van der Waals surface area contributed by atoms with Gasteiger partial charge in [0, 0.05) is 0 Å². The first-order valence-electron chi connectivity index (χ1n) is 9.46. The first-order valence-corrected chi connectivity index (χ1v) is 9.46. The van der Waals surface area contributed by atoms with Crippen molar-refractivity contribution in [3.05, 3.63) is 11.9 Å². The number of hydrogen-bond donors (Lipinski definition) is 2. The SMILES string of the molecule is CCC[C@@H](C)C(C)Oc1nc(N)c2ncc(CC3CCNCC3)n2n1. The Balaban J connectivity index is 1.80. The van der Waals surface area contributed by atoms with Gasteiger partial charge in [0.1, 0.15) is 6.10 Å². The van der Waals surface area contributed by atoms with Crippen LogP contribution in [0.1, 0.15) is 52.1 Å². The van der Waals surface area contributed by atoms with Crippen LogP contribution in [0, 0.1) is 11.8 Å². The van der Waals surface area contributed by atoms with E-state index in [1.54, 1.807) is 0 Å². The molecule has 1 unspecified atom stereocenters. The molecule has 3 heterocycles. The Labute approximate surface area is 149 Å². The van der Waals surface area contributed by atoms with E-state index in [1.807, 2.05) is 10.7 Å². The van der Waals surface area contributed by atoms with Crippen LogP contribution in [0.15, 0.2) is 6.20 Å². The summed E-state index contributed by atoms with van der Waals surface area (Å²) in [6.07, 6.45) is 7.50. The molecule has 3 rings (SSSR count). The molecule has 2 atom stereocenters. The predicted molar refractivity (Wildman–Crippen MR) is 98.7 cm³/mol. The summed E-state index contributed by atoms with van der Waals surface area (Å²) in [6.45, 7) is 8.60. The highest BCUT2D eigenvalue weighted by molar-refractivity contribution is 5.59. The molecule has 0 aromatic carbocycles. The van der Waals surface area contributed by atoms with Gasteiger partial charge < -0.3 is 15.8 Å². The second-order valence-corrected chi connectivity index (χ2v) is 7.25. The van der Waals surface area contributed by atoms with Crippen molar-refractivity contribution in [1.29, 1.82) is 0 Å². The molecule has 3 N–H and O–H groups in total. The molecule has 2 aromatic heterocycles. The van der Waals surface area contributed by atoms with Crippen LogP contribution >= 0.6 is 0 Å². The van der Waals surface area contributed by atoms with E-state index in [-0.39, 0.29) is 6.10 Å². The summed E-state index contributed by atoms with van der Waals surface area (Å²) in [5, 5.41) is 7.97. The molecule has 0 amide bonds. The molecule has 0 radical (unpaired) electrons. The largest absolute Gasteiger partial charge is 0.459 e. The normalized spacial score (nSPS) is 18.4. The molecular formula is C18H30N6O. The summed E-state index contributed by atoms with van der Waals surface area (Å²) >= 11 is 0. The van der Waals surface area contributed by atoms with E-state index in [1.165, 1.54) is 12.8 Å². The van der Waals surface area contributed by atoms with Gasteiger partial charge in [0.05, 0.1) is 11.9 Å². The van der Waals surface area contributed by atoms with Crippen molar-refractivity contribution >= 4 is 11.5 Å². The van der Waals surface area contributed by atoms with E-state index < -0.39 is 0 Å². The van der Waals surface area contributed by atoms with Crippen LogP contribution < -0.4 is 15.8 Å². The number of hydrogen-bond acceptors (Lipinski definition) is 6. The van der Waals surface area contributed by atoms with Gasteiger partial charge in [0.25, 0.3) is 0 Å². The van der Waals surface area contributed by atoms with Gasteiger partial charge in [-0.25, -0.2) is 9.50 Å². The van der Waals surface area contributed by atoms with Crippen molar-refractivity contribution in [3.63, 3.8) is 0 Å². The van der Waals surface area contributed by atoms with Crippen molar-refractivity contribution in [2.45, 2.75) is 59.0 Å². The molecule has 0 saturated carbocycles. The molecule has 1 aliphatic rings. The van der Waals surface area contributed by atoms with Gasteiger partial charge in [-0.1, -0.05) is 20.3 Å². The minimum Gasteiger partial charge on any atom is -0.459 e. The zero-order chi connectivity index (χ0) is 17.8. The molecule has 138 valence electrons. The third-order valence-corrected chi connectivity index (χ3v) is 5.23. The zero-order valence-corrected chi connectivity index (χ0v) is 15.5.